The van der Waals surface area contributed by atoms with E-state index in [4.69, 9.17) is 4.74 Å². The number of carbonyl (C=O) groups is 1. The molecule has 7 heteroatoms. The van der Waals surface area contributed by atoms with Crippen LogP contribution in [-0.2, 0) is 4.79 Å². The minimum Gasteiger partial charge on any atom is -0.490 e. The van der Waals surface area contributed by atoms with Crippen LogP contribution in [0, 0.1) is 23.0 Å². The zero-order valence-corrected chi connectivity index (χ0v) is 15.5. The third kappa shape index (κ3) is 3.98. The van der Waals surface area contributed by atoms with Crippen LogP contribution in [0.4, 0.5) is 11.4 Å². The number of nitro groups is 1. The van der Waals surface area contributed by atoms with Crippen molar-refractivity contribution < 1.29 is 19.4 Å². The molecule has 2 fully saturated rings. The Morgan fingerprint density at radius 1 is 1.31 bits per heavy atom. The lowest BCUT2D eigenvalue weighted by molar-refractivity contribution is -0.928. The van der Waals surface area contributed by atoms with Crippen molar-refractivity contribution in [1.29, 1.82) is 0 Å². The molecule has 1 saturated carbocycles. The molecule has 0 radical (unpaired) electrons. The summed E-state index contributed by atoms with van der Waals surface area (Å²) in [6.45, 7) is 3.27. The average molecular weight is 362 g/mol. The Morgan fingerprint density at radius 2 is 2.04 bits per heavy atom. The van der Waals surface area contributed by atoms with E-state index in [0.717, 1.165) is 12.5 Å². The molecular formula is C19H28N3O4+. The summed E-state index contributed by atoms with van der Waals surface area (Å²) < 4.78 is 5.11. The molecule has 1 aromatic rings. The van der Waals surface area contributed by atoms with Crippen LogP contribution in [0.2, 0.25) is 0 Å². The zero-order chi connectivity index (χ0) is 18.7. The Hall–Kier alpha value is -2.15. The predicted molar refractivity (Wildman–Crippen MR) is 98.7 cm³/mol. The number of hydrogen-bond donors (Lipinski definition) is 2. The van der Waals surface area contributed by atoms with Gasteiger partial charge in [0, 0.05) is 23.7 Å². The maximum Gasteiger partial charge on any atom is 0.311 e. The van der Waals surface area contributed by atoms with E-state index in [1.165, 1.54) is 56.6 Å². The van der Waals surface area contributed by atoms with Gasteiger partial charge in [-0.05, 0) is 44.6 Å². The topological polar surface area (TPSA) is 85.9 Å². The van der Waals surface area contributed by atoms with E-state index in [2.05, 4.69) is 5.32 Å². The first kappa shape index (κ1) is 18.6. The molecule has 1 heterocycles. The summed E-state index contributed by atoms with van der Waals surface area (Å²) in [5.74, 6) is 0.889. The summed E-state index contributed by atoms with van der Waals surface area (Å²) in [4.78, 5) is 24.6. The molecule has 1 unspecified atom stereocenters. The van der Waals surface area contributed by atoms with Gasteiger partial charge in [-0.1, -0.05) is 6.42 Å². The van der Waals surface area contributed by atoms with E-state index in [1.807, 2.05) is 0 Å². The minimum atomic E-state index is -0.474. The van der Waals surface area contributed by atoms with Crippen molar-refractivity contribution in [2.24, 2.45) is 5.92 Å². The predicted octanol–water partition coefficient (Wildman–Crippen LogP) is 2.09. The highest BCUT2D eigenvalue weighted by Crippen LogP contribution is 2.33. The number of aryl methyl sites for hydroxylation is 1. The number of ether oxygens (including phenoxy) is 1. The van der Waals surface area contributed by atoms with Crippen LogP contribution in [-0.4, -0.2) is 37.1 Å². The number of nitro benzene ring substituents is 1. The Labute approximate surface area is 153 Å². The maximum absolute atomic E-state index is 12.6. The van der Waals surface area contributed by atoms with Crippen LogP contribution in [0.25, 0.3) is 0 Å². The van der Waals surface area contributed by atoms with Gasteiger partial charge >= 0.3 is 5.69 Å². The van der Waals surface area contributed by atoms with E-state index >= 15 is 0 Å². The number of amides is 1. The quantitative estimate of drug-likeness (QED) is 0.620. The summed E-state index contributed by atoms with van der Waals surface area (Å²) >= 11 is 0. The second-order valence-electron chi connectivity index (χ2n) is 7.52. The molecule has 1 aromatic carbocycles. The van der Waals surface area contributed by atoms with Gasteiger partial charge in [0.25, 0.3) is 5.91 Å². The van der Waals surface area contributed by atoms with E-state index < -0.39 is 4.92 Å². The van der Waals surface area contributed by atoms with Gasteiger partial charge in [0.05, 0.1) is 24.6 Å². The van der Waals surface area contributed by atoms with Crippen LogP contribution in [0.3, 0.4) is 0 Å². The number of rotatable bonds is 5. The monoisotopic (exact) mass is 362 g/mol. The minimum absolute atomic E-state index is 0.0368. The summed E-state index contributed by atoms with van der Waals surface area (Å²) in [5, 5.41) is 14.0. The molecule has 3 atom stereocenters. The fourth-order valence-electron chi connectivity index (χ4n) is 4.60. The number of carbonyl (C=O) groups excluding carboxylic acids is 1. The molecule has 142 valence electrons. The van der Waals surface area contributed by atoms with Crippen LogP contribution in [0.1, 0.15) is 44.1 Å². The number of fused-ring (bicyclic) bond motifs is 1. The van der Waals surface area contributed by atoms with E-state index in [1.54, 1.807) is 13.0 Å². The van der Waals surface area contributed by atoms with Gasteiger partial charge in [-0.15, -0.1) is 0 Å². The SMILES string of the molecule is COc1cc(NC(=O)C[NH+]2CCC[C@@H]3CCCC[C@@H]32)c(C)cc1[N+](=O)[O-]. The van der Waals surface area contributed by atoms with Crippen molar-refractivity contribution in [3.8, 4) is 5.75 Å². The molecule has 0 aromatic heterocycles. The number of quaternary nitrogens is 1. The Balaban J connectivity index is 1.69. The number of hydrogen-bond acceptors (Lipinski definition) is 4. The second-order valence-corrected chi connectivity index (χ2v) is 7.52. The fourth-order valence-corrected chi connectivity index (χ4v) is 4.60. The molecule has 3 rings (SSSR count). The van der Waals surface area contributed by atoms with Crippen LogP contribution < -0.4 is 15.0 Å². The van der Waals surface area contributed by atoms with Crippen molar-refractivity contribution in [2.75, 3.05) is 25.5 Å². The lowest BCUT2D eigenvalue weighted by Crippen LogP contribution is -3.18. The number of piperidine rings is 1. The van der Waals surface area contributed by atoms with Crippen LogP contribution >= 0.6 is 0 Å². The smallest absolute Gasteiger partial charge is 0.311 e. The molecule has 2 aliphatic rings. The Morgan fingerprint density at radius 3 is 2.77 bits per heavy atom. The van der Waals surface area contributed by atoms with Crippen molar-refractivity contribution in [1.82, 2.24) is 0 Å². The number of nitrogens with one attached hydrogen (secondary N) is 2. The average Bonchev–Trinajstić information content (AvgIpc) is 2.63. The van der Waals surface area contributed by atoms with Crippen molar-refractivity contribution >= 4 is 17.3 Å². The molecule has 26 heavy (non-hydrogen) atoms. The zero-order valence-electron chi connectivity index (χ0n) is 15.5. The van der Waals surface area contributed by atoms with Gasteiger partial charge in [-0.3, -0.25) is 14.9 Å². The van der Waals surface area contributed by atoms with Gasteiger partial charge in [-0.2, -0.15) is 0 Å². The summed E-state index contributed by atoms with van der Waals surface area (Å²) in [6.07, 6.45) is 7.60. The van der Waals surface area contributed by atoms with Gasteiger partial charge in [0.1, 0.15) is 0 Å². The van der Waals surface area contributed by atoms with E-state index in [9.17, 15) is 14.9 Å². The van der Waals surface area contributed by atoms with Gasteiger partial charge in [0.2, 0.25) is 0 Å². The lowest BCUT2D eigenvalue weighted by Gasteiger charge is -2.40. The van der Waals surface area contributed by atoms with Crippen molar-refractivity contribution in [2.45, 2.75) is 51.5 Å². The van der Waals surface area contributed by atoms with Gasteiger partial charge in [-0.25, -0.2) is 0 Å². The first-order valence-electron chi connectivity index (χ1n) is 9.47. The van der Waals surface area contributed by atoms with Crippen LogP contribution in [0.15, 0.2) is 12.1 Å². The number of methoxy groups -OCH3 is 1. The highest BCUT2D eigenvalue weighted by molar-refractivity contribution is 5.92. The molecule has 1 aliphatic carbocycles. The third-order valence-electron chi connectivity index (χ3n) is 5.89. The standard InChI is InChI=1S/C19H27N3O4/c1-13-10-17(22(24)25)18(26-2)11-15(13)20-19(23)12-21-9-5-7-14-6-3-4-8-16(14)21/h10-11,14,16H,3-9,12H2,1-2H3,(H,20,23)/p+1/t14-,16-/m0/s1. The molecule has 7 nitrogen and oxygen atoms in total. The molecule has 1 amide bonds. The van der Waals surface area contributed by atoms with Crippen LogP contribution in [0.5, 0.6) is 5.75 Å². The molecule has 0 bridgehead atoms. The number of nitrogens with zero attached hydrogens (tertiary/aromatic N) is 1. The number of anilines is 1. The molecular weight excluding hydrogens is 334 g/mol. The summed E-state index contributed by atoms with van der Waals surface area (Å²) in [6, 6.07) is 3.59. The fraction of sp³-hybridized carbons (Fsp3) is 0.632. The molecule has 1 saturated heterocycles. The lowest BCUT2D eigenvalue weighted by atomic mass is 9.78. The largest absolute Gasteiger partial charge is 0.490 e. The molecule has 2 N–H and O–H groups in total. The Kier molecular flexibility index (Phi) is 5.76. The Bertz CT molecular complexity index is 690. The molecule has 0 spiro atoms. The summed E-state index contributed by atoms with van der Waals surface area (Å²) in [7, 11) is 1.39. The number of likely N-dealkylation sites (tertiary alicyclic amines) is 1. The first-order valence-corrected chi connectivity index (χ1v) is 9.47. The highest BCUT2D eigenvalue weighted by Gasteiger charge is 2.37. The maximum atomic E-state index is 12.6. The van der Waals surface area contributed by atoms with Crippen molar-refractivity contribution in [3.05, 3.63) is 27.8 Å². The first-order chi connectivity index (χ1) is 12.5. The highest BCUT2D eigenvalue weighted by atomic mass is 16.6. The second kappa shape index (κ2) is 8.03. The van der Waals surface area contributed by atoms with Gasteiger partial charge < -0.3 is 15.0 Å². The van der Waals surface area contributed by atoms with E-state index in [-0.39, 0.29) is 17.3 Å². The number of benzene rings is 1. The normalized spacial score (nSPS) is 25.2. The summed E-state index contributed by atoms with van der Waals surface area (Å²) in [5.41, 5.74) is 1.15. The van der Waals surface area contributed by atoms with Crippen molar-refractivity contribution in [3.63, 3.8) is 0 Å². The van der Waals surface area contributed by atoms with E-state index in [0.29, 0.717) is 23.8 Å². The molecule has 1 aliphatic heterocycles. The van der Waals surface area contributed by atoms with Gasteiger partial charge in [0.15, 0.2) is 12.3 Å². The third-order valence-corrected chi connectivity index (χ3v) is 5.89.